The number of thiazole rings is 1. The standard InChI is InChI=1S/C38H43ClN8O11S2/c1-5-45-13-18(28(49)23-21(45)12-22(48)29(50)24(23)39)30(51)41-16-38-6-9-47(10-7-38,11-8-38)14-19-17(2)60-33-26(32(53)46(33)27(19)34(54)55)43-31(52)25(20-15-59-36(40)42-20)44-58-37(3,4)35(56)57/h12-13,15,17,26,33H,5-11,14,16H2,1-4H3,(H7-,40,41,42,43,44,48,49,50,51,52,54,55,56,57)/t17-,26+,33+,38?,47?/m0/s1. The Morgan fingerprint density at radius 3 is 2.43 bits per heavy atom. The van der Waals surface area contributed by atoms with Crippen LogP contribution < -0.4 is 26.9 Å². The van der Waals surface area contributed by atoms with Gasteiger partial charge in [-0.15, -0.1) is 23.1 Å². The van der Waals surface area contributed by atoms with E-state index in [2.05, 4.69) is 20.8 Å². The number of thioether (sulfide) groups is 1. The summed E-state index contributed by atoms with van der Waals surface area (Å²) in [6, 6.07) is 0.0752. The number of aryl methyl sites for hydroxylation is 1. The van der Waals surface area contributed by atoms with Crippen molar-refractivity contribution in [1.82, 2.24) is 25.1 Å². The number of phenolic OH excluding ortho intramolecular Hbond substituents is 2. The highest BCUT2D eigenvalue weighted by Crippen LogP contribution is 2.48. The quantitative estimate of drug-likeness (QED) is 0.0458. The molecule has 2 aromatic heterocycles. The first-order valence-corrected chi connectivity index (χ1v) is 21.3. The van der Waals surface area contributed by atoms with Crippen LogP contribution in [-0.2, 0) is 30.6 Å². The average molecular weight is 887 g/mol. The van der Waals surface area contributed by atoms with Crippen molar-refractivity contribution < 1.29 is 53.7 Å². The Labute approximate surface area is 355 Å². The molecule has 3 amide bonds. The molecule has 0 spiro atoms. The molecular weight excluding hydrogens is 844 g/mol. The van der Waals surface area contributed by atoms with Crippen molar-refractivity contribution in [3.05, 3.63) is 55.4 Å². The third-order valence-corrected chi connectivity index (χ3v) is 14.6. The van der Waals surface area contributed by atoms with Gasteiger partial charge in [-0.05, 0) is 27.7 Å². The molecule has 0 saturated carbocycles. The fraction of sp³-hybridized carbons (Fsp3) is 0.474. The number of amides is 3. The monoisotopic (exact) mass is 886 g/mol. The lowest BCUT2D eigenvalue weighted by molar-refractivity contribution is -0.941. The number of piperidine rings is 3. The summed E-state index contributed by atoms with van der Waals surface area (Å²) in [7, 11) is 0. The van der Waals surface area contributed by atoms with Crippen LogP contribution in [0.2, 0.25) is 5.02 Å². The summed E-state index contributed by atoms with van der Waals surface area (Å²) >= 11 is 8.58. The van der Waals surface area contributed by atoms with E-state index in [1.54, 1.807) is 11.5 Å². The first kappa shape index (κ1) is 42.7. The number of nitrogens with two attached hydrogens (primary N) is 1. The fourth-order valence-corrected chi connectivity index (χ4v) is 10.6. The maximum Gasteiger partial charge on any atom is 0.350 e. The van der Waals surface area contributed by atoms with E-state index in [4.69, 9.17) is 22.2 Å². The van der Waals surface area contributed by atoms with Crippen LogP contribution in [0.5, 0.6) is 11.5 Å². The van der Waals surface area contributed by atoms with Crippen LogP contribution in [0, 0.1) is 5.41 Å². The highest BCUT2D eigenvalue weighted by Gasteiger charge is 2.57. The number of aliphatic carboxylic acids is 2. The lowest BCUT2D eigenvalue weighted by Gasteiger charge is -2.57. The minimum atomic E-state index is -1.81. The Morgan fingerprint density at radius 2 is 1.85 bits per heavy atom. The zero-order chi connectivity index (χ0) is 43.6. The molecule has 2 bridgehead atoms. The van der Waals surface area contributed by atoms with E-state index in [0.29, 0.717) is 68.6 Å². The van der Waals surface area contributed by atoms with Gasteiger partial charge in [-0.1, -0.05) is 16.8 Å². The van der Waals surface area contributed by atoms with Gasteiger partial charge in [-0.25, -0.2) is 9.78 Å². The molecule has 22 heteroatoms. The molecular formula is C38H43ClN8O11S2. The number of anilines is 1. The van der Waals surface area contributed by atoms with Gasteiger partial charge >= 0.3 is 5.97 Å². The highest BCUT2D eigenvalue weighted by atomic mass is 35.5. The van der Waals surface area contributed by atoms with Crippen molar-refractivity contribution in [3.8, 4) is 11.5 Å². The molecule has 320 valence electrons. The van der Waals surface area contributed by atoms with Gasteiger partial charge in [0.15, 0.2) is 22.3 Å². The van der Waals surface area contributed by atoms with Gasteiger partial charge in [-0.3, -0.25) is 24.1 Å². The van der Waals surface area contributed by atoms with Crippen molar-refractivity contribution in [2.45, 2.75) is 75.8 Å². The smallest absolute Gasteiger partial charge is 0.350 e. The number of aromatic nitrogens is 2. The number of halogens is 1. The van der Waals surface area contributed by atoms with Gasteiger partial charge in [0.25, 0.3) is 17.7 Å². The molecule has 0 radical (unpaired) electrons. The summed E-state index contributed by atoms with van der Waals surface area (Å²) in [5.74, 6) is -6.16. The number of quaternary nitrogens is 1. The number of carbonyl (C=O) groups is 5. The Balaban J connectivity index is 1.03. The van der Waals surface area contributed by atoms with Crippen LogP contribution in [0.3, 0.4) is 0 Å². The molecule has 3 aromatic rings. The molecule has 7 heterocycles. The Bertz CT molecular complexity index is 2460. The van der Waals surface area contributed by atoms with Crippen LogP contribution in [0.4, 0.5) is 5.13 Å². The molecule has 3 atom stereocenters. The zero-order valence-electron chi connectivity index (χ0n) is 32.9. The predicted molar refractivity (Wildman–Crippen MR) is 218 cm³/mol. The van der Waals surface area contributed by atoms with Gasteiger partial charge in [0, 0.05) is 66.2 Å². The normalized spacial score (nSPS) is 25.1. The summed E-state index contributed by atoms with van der Waals surface area (Å²) < 4.78 is 2.17. The number of rotatable bonds is 13. The molecule has 60 heavy (non-hydrogen) atoms. The number of nitrogens with one attached hydrogen (secondary N) is 2. The van der Waals surface area contributed by atoms with Gasteiger partial charge in [-0.2, -0.15) is 0 Å². The molecule has 8 rings (SSSR count). The topological polar surface area (TPSA) is 279 Å². The van der Waals surface area contributed by atoms with Crippen molar-refractivity contribution in [1.29, 1.82) is 0 Å². The number of carbonyl (C=O) groups excluding carboxylic acids is 4. The lowest BCUT2D eigenvalue weighted by Crippen LogP contribution is -2.72. The van der Waals surface area contributed by atoms with Crippen LogP contribution in [0.15, 0.2) is 38.9 Å². The maximum absolute atomic E-state index is 13.7. The van der Waals surface area contributed by atoms with Gasteiger partial charge in [0.05, 0.1) is 47.2 Å². The van der Waals surface area contributed by atoms with Crippen molar-refractivity contribution in [2.75, 3.05) is 38.5 Å². The molecule has 5 aliphatic rings. The number of hydrogen-bond acceptors (Lipinski definition) is 15. The van der Waals surface area contributed by atoms with Crippen LogP contribution in [0.25, 0.3) is 10.9 Å². The Hall–Kier alpha value is -5.38. The number of nitrogen functional groups attached to an aromatic ring is 1. The Kier molecular flexibility index (Phi) is 11.1. The minimum absolute atomic E-state index is 0.00789. The largest absolute Gasteiger partial charge is 0.543 e. The molecule has 1 aromatic carbocycles. The SMILES string of the molecule is CCn1cc(C(=O)NCC23CC[N+](CC4=C(C(=O)[O-])N5C(=O)[C@@H](NC(=O)/C(=N\OC(C)(C)C(=O)O)c6csc(N)n6)[C@H]5S[C@H]4C)(CC2)CC3)c(=O)c2c(Cl)c(O)c(O)cc21. The van der Waals surface area contributed by atoms with E-state index >= 15 is 0 Å². The van der Waals surface area contributed by atoms with Crippen molar-refractivity contribution in [3.63, 3.8) is 0 Å². The van der Waals surface area contributed by atoms with E-state index in [1.807, 2.05) is 6.92 Å². The third kappa shape index (κ3) is 7.40. The zero-order valence-corrected chi connectivity index (χ0v) is 35.3. The first-order valence-electron chi connectivity index (χ1n) is 19.1. The number of phenols is 2. The fourth-order valence-electron chi connectivity index (χ4n) is 8.31. The molecule has 4 saturated heterocycles. The Morgan fingerprint density at radius 1 is 1.18 bits per heavy atom. The highest BCUT2D eigenvalue weighted by molar-refractivity contribution is 8.00. The third-order valence-electron chi connectivity index (χ3n) is 12.1. The number of aromatic hydroxyl groups is 2. The van der Waals surface area contributed by atoms with E-state index in [-0.39, 0.29) is 48.7 Å². The summed E-state index contributed by atoms with van der Waals surface area (Å²) in [6.45, 7) is 9.14. The molecule has 0 unspecified atom stereocenters. The van der Waals surface area contributed by atoms with Crippen LogP contribution >= 0.6 is 34.7 Å². The lowest BCUT2D eigenvalue weighted by atomic mass is 9.70. The second-order valence-corrected chi connectivity index (χ2v) is 18.9. The summed E-state index contributed by atoms with van der Waals surface area (Å²) in [6.07, 6.45) is 3.54. The summed E-state index contributed by atoms with van der Waals surface area (Å²) in [4.78, 5) is 89.0. The predicted octanol–water partition coefficient (Wildman–Crippen LogP) is 0.932. The van der Waals surface area contributed by atoms with Gasteiger partial charge in [0.2, 0.25) is 11.0 Å². The molecule has 19 nitrogen and oxygen atoms in total. The molecule has 0 aliphatic carbocycles. The van der Waals surface area contributed by atoms with E-state index in [0.717, 1.165) is 16.2 Å². The molecule has 5 aliphatic heterocycles. The summed E-state index contributed by atoms with van der Waals surface area (Å²) in [5.41, 5.74) is 3.03. The van der Waals surface area contributed by atoms with Crippen LogP contribution in [0.1, 0.15) is 63.0 Å². The number of oxime groups is 1. The molecule has 7 N–H and O–H groups in total. The number of fused-ring (bicyclic) bond motifs is 5. The van der Waals surface area contributed by atoms with Crippen LogP contribution in [-0.4, -0.2) is 125 Å². The number of carboxylic acid groups (broad SMARTS) is 2. The first-order chi connectivity index (χ1) is 28.2. The minimum Gasteiger partial charge on any atom is -0.543 e. The second-order valence-electron chi connectivity index (χ2n) is 16.1. The van der Waals surface area contributed by atoms with Gasteiger partial charge < -0.3 is 55.5 Å². The number of benzene rings is 1. The number of pyridine rings is 1. The number of hydrogen-bond donors (Lipinski definition) is 6. The summed E-state index contributed by atoms with van der Waals surface area (Å²) in [5, 5.41) is 51.8. The number of carboxylic acids is 2. The van der Waals surface area contributed by atoms with E-state index in [1.165, 1.54) is 43.3 Å². The van der Waals surface area contributed by atoms with E-state index < -0.39 is 69.3 Å². The van der Waals surface area contributed by atoms with Crippen molar-refractivity contribution in [2.24, 2.45) is 10.6 Å². The molecule has 4 fully saturated rings. The van der Waals surface area contributed by atoms with E-state index in [9.17, 15) is 49.2 Å². The van der Waals surface area contributed by atoms with Gasteiger partial charge in [0.1, 0.15) is 29.2 Å². The average Bonchev–Trinajstić information content (AvgIpc) is 3.64. The number of β-lactam (4-membered cyclic amide) rings is 1. The number of nitrogens with zero attached hydrogens (tertiary/aromatic N) is 5. The maximum atomic E-state index is 13.7. The second kappa shape index (κ2) is 15.6. The van der Waals surface area contributed by atoms with Crippen molar-refractivity contribution >= 4 is 86.1 Å².